The van der Waals surface area contributed by atoms with Gasteiger partial charge in [0.25, 0.3) is 5.91 Å². The Morgan fingerprint density at radius 1 is 1.18 bits per heavy atom. The molecule has 3 rings (SSSR count). The maximum Gasteiger partial charge on any atom is 0.483 e. The Morgan fingerprint density at radius 3 is 2.53 bits per heavy atom. The van der Waals surface area contributed by atoms with E-state index >= 15 is 0 Å². The fourth-order valence-corrected chi connectivity index (χ4v) is 5.68. The Hall–Kier alpha value is -1.19. The van der Waals surface area contributed by atoms with Crippen LogP contribution < -0.4 is 5.32 Å². The maximum absolute atomic E-state index is 12.2. The summed E-state index contributed by atoms with van der Waals surface area (Å²) < 4.78 is 48.6. The van der Waals surface area contributed by atoms with E-state index in [0.29, 0.717) is 5.57 Å². The van der Waals surface area contributed by atoms with Crippen LogP contribution in [0.2, 0.25) is 0 Å². The van der Waals surface area contributed by atoms with E-state index in [1.165, 1.54) is 18.0 Å². The minimum Gasteiger partial charge on any atom is -0.390 e. The Balaban J connectivity index is 1.55. The summed E-state index contributed by atoms with van der Waals surface area (Å²) >= 11 is 0. The summed E-state index contributed by atoms with van der Waals surface area (Å²) in [5.41, 5.74) is 0.367. The van der Waals surface area contributed by atoms with Crippen LogP contribution in [0.5, 0.6) is 0 Å². The van der Waals surface area contributed by atoms with Crippen LogP contribution in [0, 0.1) is 0 Å². The third-order valence-electron chi connectivity index (χ3n) is 5.23. The van der Waals surface area contributed by atoms with Gasteiger partial charge in [-0.05, 0) is 13.8 Å². The molecule has 0 aliphatic carbocycles. The van der Waals surface area contributed by atoms with Gasteiger partial charge in [-0.25, -0.2) is 9.13 Å². The van der Waals surface area contributed by atoms with Gasteiger partial charge in [0.2, 0.25) is 0 Å². The standard InChI is InChI=1S/C17H28N2O13P2/c1-8-6-19(10(3)18-16(8)23)14-5-11(20)13(30-14)7-28-33(24,25)32-34(26,27)31-17-15(22)12(21)4-9(2)29-17/h6,9,11-15,17,20-22H,3-5,7H2,1-2H3,(H,18,23)(H,24,25)(H,26,27)/t9?,11?,12-,13+,14+,15?,17-/m0/s1. The van der Waals surface area contributed by atoms with Crippen LogP contribution in [0.3, 0.4) is 0 Å². The second-order valence-corrected chi connectivity index (χ2v) is 11.1. The lowest BCUT2D eigenvalue weighted by molar-refractivity contribution is -0.235. The molecule has 3 heterocycles. The molecule has 17 heteroatoms. The van der Waals surface area contributed by atoms with Crippen LogP contribution in [0.1, 0.15) is 26.7 Å². The Bertz CT molecular complexity index is 929. The Morgan fingerprint density at radius 2 is 1.85 bits per heavy atom. The average Bonchev–Trinajstić information content (AvgIpc) is 3.06. The van der Waals surface area contributed by atoms with Crippen molar-refractivity contribution in [3.8, 4) is 0 Å². The first-order valence-corrected chi connectivity index (χ1v) is 13.2. The molecule has 5 unspecified atom stereocenters. The molecular formula is C17H28N2O13P2. The number of aliphatic hydroxyl groups is 3. The minimum atomic E-state index is -5.31. The molecule has 0 aromatic heterocycles. The first kappa shape index (κ1) is 27.4. The van der Waals surface area contributed by atoms with Gasteiger partial charge in [-0.15, -0.1) is 0 Å². The van der Waals surface area contributed by atoms with Crippen molar-refractivity contribution in [3.05, 3.63) is 24.2 Å². The number of carbonyl (C=O) groups is 1. The fourth-order valence-electron chi connectivity index (χ4n) is 3.52. The predicted octanol–water partition coefficient (Wildman–Crippen LogP) is -0.624. The summed E-state index contributed by atoms with van der Waals surface area (Å²) in [6.45, 7) is 6.07. The molecule has 0 aromatic carbocycles. The van der Waals surface area contributed by atoms with E-state index < -0.39 is 65.3 Å². The largest absolute Gasteiger partial charge is 0.483 e. The molecule has 0 radical (unpaired) electrons. The normalized spacial score (nSPS) is 38.1. The van der Waals surface area contributed by atoms with E-state index in [-0.39, 0.29) is 24.6 Å². The Labute approximate surface area is 194 Å². The number of nitrogens with zero attached hydrogens (tertiary/aromatic N) is 1. The summed E-state index contributed by atoms with van der Waals surface area (Å²) in [6.07, 6.45) is -6.99. The zero-order valence-corrected chi connectivity index (χ0v) is 20.1. The average molecular weight is 530 g/mol. The van der Waals surface area contributed by atoms with E-state index in [4.69, 9.17) is 14.0 Å². The van der Waals surface area contributed by atoms with Crippen molar-refractivity contribution in [1.29, 1.82) is 0 Å². The van der Waals surface area contributed by atoms with E-state index in [9.17, 15) is 39.0 Å². The summed E-state index contributed by atoms with van der Waals surface area (Å²) in [6, 6.07) is 0. The monoisotopic (exact) mass is 530 g/mol. The van der Waals surface area contributed by atoms with Crippen molar-refractivity contribution in [3.63, 3.8) is 0 Å². The first-order valence-electron chi connectivity index (χ1n) is 10.2. The summed E-state index contributed by atoms with van der Waals surface area (Å²) in [7, 11) is -10.5. The molecule has 9 atom stereocenters. The molecule has 3 aliphatic heterocycles. The zero-order chi connectivity index (χ0) is 25.4. The maximum atomic E-state index is 12.2. The van der Waals surface area contributed by atoms with Gasteiger partial charge < -0.3 is 44.8 Å². The highest BCUT2D eigenvalue weighted by Gasteiger charge is 2.45. The number of nitrogens with one attached hydrogen (secondary N) is 1. The minimum absolute atomic E-state index is 0.0301. The van der Waals surface area contributed by atoms with Crippen molar-refractivity contribution in [2.24, 2.45) is 0 Å². The molecule has 3 aliphatic rings. The van der Waals surface area contributed by atoms with Gasteiger partial charge >= 0.3 is 15.6 Å². The number of phosphoric acid groups is 2. The summed E-state index contributed by atoms with van der Waals surface area (Å²) in [5, 5.41) is 32.3. The lowest BCUT2D eigenvalue weighted by Crippen LogP contribution is -2.48. The molecule has 2 saturated heterocycles. The smallest absolute Gasteiger partial charge is 0.390 e. The van der Waals surface area contributed by atoms with Crippen molar-refractivity contribution in [2.75, 3.05) is 6.61 Å². The number of carbonyl (C=O) groups excluding carboxylic acids is 1. The van der Waals surface area contributed by atoms with Gasteiger partial charge in [-0.1, -0.05) is 6.58 Å². The number of hydrogen-bond acceptors (Lipinski definition) is 12. The predicted molar refractivity (Wildman–Crippen MR) is 111 cm³/mol. The van der Waals surface area contributed by atoms with Crippen LogP contribution in [0.4, 0.5) is 0 Å². The number of hydrogen-bond donors (Lipinski definition) is 6. The summed E-state index contributed by atoms with van der Waals surface area (Å²) in [5.74, 6) is -0.140. The highest BCUT2D eigenvalue weighted by Crippen LogP contribution is 2.61. The van der Waals surface area contributed by atoms with Gasteiger partial charge in [-0.3, -0.25) is 13.8 Å². The molecule has 1 amide bonds. The fraction of sp³-hybridized carbons (Fsp3) is 0.706. The second-order valence-electron chi connectivity index (χ2n) is 8.08. The van der Waals surface area contributed by atoms with Gasteiger partial charge in [0.05, 0.1) is 24.9 Å². The molecule has 6 N–H and O–H groups in total. The lowest BCUT2D eigenvalue weighted by Gasteiger charge is -2.35. The van der Waals surface area contributed by atoms with Crippen molar-refractivity contribution < 1.29 is 61.9 Å². The van der Waals surface area contributed by atoms with Crippen LogP contribution in [-0.2, 0) is 36.8 Å². The highest BCUT2D eigenvalue weighted by atomic mass is 31.3. The van der Waals surface area contributed by atoms with Gasteiger partial charge in [0.1, 0.15) is 24.3 Å². The molecule has 0 aromatic rings. The van der Waals surface area contributed by atoms with Gasteiger partial charge in [0, 0.05) is 24.6 Å². The SMILES string of the molecule is C=C1NC(=O)C(C)=CN1[C@H]1CC(O)[C@@H](COP(=O)(O)OP(=O)(O)O[C@@H]2OC(C)C[C@H](O)C2O)O1. The topological polar surface area (TPSA) is 214 Å². The van der Waals surface area contributed by atoms with Crippen molar-refractivity contribution in [2.45, 2.75) is 69.7 Å². The van der Waals surface area contributed by atoms with Crippen molar-refractivity contribution >= 4 is 21.6 Å². The van der Waals surface area contributed by atoms with Crippen LogP contribution in [0.25, 0.3) is 0 Å². The molecule has 34 heavy (non-hydrogen) atoms. The van der Waals surface area contributed by atoms with Crippen LogP contribution in [0.15, 0.2) is 24.2 Å². The third kappa shape index (κ3) is 6.72. The molecule has 0 bridgehead atoms. The van der Waals surface area contributed by atoms with E-state index in [0.717, 1.165) is 0 Å². The molecule has 15 nitrogen and oxygen atoms in total. The van der Waals surface area contributed by atoms with Gasteiger partial charge in [0.15, 0.2) is 6.29 Å². The van der Waals surface area contributed by atoms with Crippen LogP contribution >= 0.6 is 15.6 Å². The van der Waals surface area contributed by atoms with Crippen molar-refractivity contribution in [1.82, 2.24) is 10.2 Å². The molecule has 0 saturated carbocycles. The summed E-state index contributed by atoms with van der Waals surface area (Å²) in [4.78, 5) is 32.8. The highest BCUT2D eigenvalue weighted by molar-refractivity contribution is 7.61. The van der Waals surface area contributed by atoms with Crippen LogP contribution in [-0.4, -0.2) is 85.6 Å². The number of phosphoric ester groups is 2. The number of aliphatic hydroxyl groups excluding tert-OH is 3. The van der Waals surface area contributed by atoms with Gasteiger partial charge in [-0.2, -0.15) is 4.31 Å². The number of ether oxygens (including phenoxy) is 2. The van der Waals surface area contributed by atoms with E-state index in [2.05, 4.69) is 20.7 Å². The number of rotatable bonds is 8. The molecule has 0 spiro atoms. The lowest BCUT2D eigenvalue weighted by atomic mass is 10.0. The zero-order valence-electron chi connectivity index (χ0n) is 18.3. The molecular weight excluding hydrogens is 502 g/mol. The second kappa shape index (κ2) is 10.4. The Kier molecular flexibility index (Phi) is 8.40. The first-order chi connectivity index (χ1) is 15.7. The number of amides is 1. The van der Waals surface area contributed by atoms with E-state index in [1.54, 1.807) is 6.92 Å². The molecule has 194 valence electrons. The van der Waals surface area contributed by atoms with E-state index in [1.807, 2.05) is 0 Å². The quantitative estimate of drug-likeness (QED) is 0.216. The third-order valence-corrected chi connectivity index (χ3v) is 7.83. The molecule has 2 fully saturated rings.